The molecule has 4 rings (SSSR count). The zero-order valence-electron chi connectivity index (χ0n) is 15.2. The first-order chi connectivity index (χ1) is 13.3. The minimum atomic E-state index is -0.703. The summed E-state index contributed by atoms with van der Waals surface area (Å²) in [5.74, 6) is 0.287. The van der Waals surface area contributed by atoms with Crippen molar-refractivity contribution in [3.63, 3.8) is 0 Å². The molecular formula is C24H24BrOP. The van der Waals surface area contributed by atoms with Gasteiger partial charge >= 0.3 is 0 Å². The molecule has 3 heteroatoms. The molecule has 0 aromatic heterocycles. The van der Waals surface area contributed by atoms with Crippen LogP contribution in [0.2, 0.25) is 0 Å². The number of hydrogen-bond acceptors (Lipinski definition) is 1. The predicted octanol–water partition coefficient (Wildman–Crippen LogP) is 5.04. The molecule has 1 saturated carbocycles. The fourth-order valence-corrected chi connectivity index (χ4v) is 7.42. The molecule has 0 spiro atoms. The molecule has 2 unspecified atom stereocenters. The van der Waals surface area contributed by atoms with E-state index in [9.17, 15) is 5.11 Å². The summed E-state index contributed by atoms with van der Waals surface area (Å²) in [6, 6.07) is 29.9. The van der Waals surface area contributed by atoms with Gasteiger partial charge in [0.05, 0.1) is 6.10 Å². The first kappa shape index (κ1) is 18.9. The molecule has 3 aromatic rings. The fourth-order valence-electron chi connectivity index (χ4n) is 4.05. The number of rotatable bonds is 5. The number of aliphatic hydroxyl groups is 1. The van der Waals surface area contributed by atoms with Crippen molar-refractivity contribution < 1.29 is 5.11 Å². The largest absolute Gasteiger partial charge is 0.388 e. The third-order valence-electron chi connectivity index (χ3n) is 5.41. The summed E-state index contributed by atoms with van der Waals surface area (Å²) in [6.07, 6.45) is 2.99. The average Bonchev–Trinajstić information content (AvgIpc) is 3.16. The van der Waals surface area contributed by atoms with E-state index >= 15 is 0 Å². The van der Waals surface area contributed by atoms with Gasteiger partial charge in [-0.05, 0) is 42.2 Å². The minimum absolute atomic E-state index is 0.287. The highest BCUT2D eigenvalue weighted by molar-refractivity contribution is 9.09. The van der Waals surface area contributed by atoms with E-state index in [0.717, 1.165) is 18.4 Å². The molecule has 0 saturated heterocycles. The van der Waals surface area contributed by atoms with E-state index in [4.69, 9.17) is 0 Å². The molecule has 1 nitrogen and oxygen atoms in total. The third kappa shape index (κ3) is 4.04. The zero-order chi connectivity index (χ0) is 18.6. The molecule has 1 aliphatic carbocycles. The standard InChI is InChI=1S/C24H24BrOP/c25-22-16-9-15-20(22)24(26)21-14-7-8-17-23(21)27(18-10-3-1-4-11-18)19-12-5-2-6-13-19/h1-8,10-14,17,20,22,24,26H,9,15-16H2/t20?,22?,24-/m1/s1. The molecule has 0 bridgehead atoms. The lowest BCUT2D eigenvalue weighted by Gasteiger charge is -2.28. The molecular weight excluding hydrogens is 415 g/mol. The molecule has 0 radical (unpaired) electrons. The van der Waals surface area contributed by atoms with Gasteiger partial charge in [-0.2, -0.15) is 0 Å². The molecule has 1 N–H and O–H groups in total. The second kappa shape index (κ2) is 8.69. The first-order valence-corrected chi connectivity index (χ1v) is 11.8. The van der Waals surface area contributed by atoms with Gasteiger partial charge in [0, 0.05) is 10.7 Å². The lowest BCUT2D eigenvalue weighted by Crippen LogP contribution is -2.27. The van der Waals surface area contributed by atoms with Crippen LogP contribution in [0, 0.1) is 5.92 Å². The van der Waals surface area contributed by atoms with Gasteiger partial charge in [0.1, 0.15) is 0 Å². The Hall–Kier alpha value is -1.47. The summed E-state index contributed by atoms with van der Waals surface area (Å²) in [6.45, 7) is 0. The Labute approximate surface area is 171 Å². The Morgan fingerprint density at radius 1 is 0.778 bits per heavy atom. The Balaban J connectivity index is 1.82. The summed E-state index contributed by atoms with van der Waals surface area (Å²) in [7, 11) is -0.703. The average molecular weight is 439 g/mol. The monoisotopic (exact) mass is 438 g/mol. The summed E-state index contributed by atoms with van der Waals surface area (Å²) in [4.78, 5) is 0.403. The smallest absolute Gasteiger partial charge is 0.0835 e. The molecule has 1 aliphatic rings. The van der Waals surface area contributed by atoms with Crippen LogP contribution < -0.4 is 15.9 Å². The Morgan fingerprint density at radius 3 is 1.89 bits per heavy atom. The summed E-state index contributed by atoms with van der Waals surface area (Å²) in [5.41, 5.74) is 1.09. The minimum Gasteiger partial charge on any atom is -0.388 e. The van der Waals surface area contributed by atoms with Crippen molar-refractivity contribution in [3.05, 3.63) is 90.5 Å². The topological polar surface area (TPSA) is 20.2 Å². The van der Waals surface area contributed by atoms with Gasteiger partial charge in [-0.15, -0.1) is 0 Å². The normalized spacial score (nSPS) is 20.7. The van der Waals surface area contributed by atoms with Crippen LogP contribution >= 0.6 is 23.9 Å². The van der Waals surface area contributed by atoms with Crippen LogP contribution in [0.15, 0.2) is 84.9 Å². The van der Waals surface area contributed by atoms with Crippen molar-refractivity contribution in [1.82, 2.24) is 0 Å². The van der Waals surface area contributed by atoms with Crippen LogP contribution in [-0.2, 0) is 0 Å². The van der Waals surface area contributed by atoms with E-state index in [2.05, 4.69) is 101 Å². The molecule has 0 amide bonds. The van der Waals surface area contributed by atoms with Gasteiger partial charge in [-0.3, -0.25) is 0 Å². The van der Waals surface area contributed by atoms with Gasteiger partial charge in [-0.1, -0.05) is 107 Å². The number of hydrogen-bond donors (Lipinski definition) is 1. The van der Waals surface area contributed by atoms with E-state index in [-0.39, 0.29) is 5.92 Å². The van der Waals surface area contributed by atoms with Gasteiger partial charge in [0.2, 0.25) is 0 Å². The van der Waals surface area contributed by atoms with Crippen molar-refractivity contribution in [2.45, 2.75) is 30.2 Å². The van der Waals surface area contributed by atoms with Crippen LogP contribution in [-0.4, -0.2) is 9.93 Å². The Bertz CT molecular complexity index is 828. The summed E-state index contributed by atoms with van der Waals surface area (Å²) < 4.78 is 0. The molecule has 3 atom stereocenters. The molecule has 0 heterocycles. The third-order valence-corrected chi connectivity index (χ3v) is 9.07. The maximum Gasteiger partial charge on any atom is 0.0835 e. The zero-order valence-corrected chi connectivity index (χ0v) is 17.7. The maximum atomic E-state index is 11.3. The van der Waals surface area contributed by atoms with Crippen LogP contribution in [0.25, 0.3) is 0 Å². The highest BCUT2D eigenvalue weighted by Gasteiger charge is 2.34. The molecule has 27 heavy (non-hydrogen) atoms. The first-order valence-electron chi connectivity index (χ1n) is 9.57. The van der Waals surface area contributed by atoms with Gasteiger partial charge in [0.15, 0.2) is 0 Å². The summed E-state index contributed by atoms with van der Waals surface area (Å²) >= 11 is 3.80. The van der Waals surface area contributed by atoms with Crippen LogP contribution in [0.3, 0.4) is 0 Å². The van der Waals surface area contributed by atoms with Crippen molar-refractivity contribution >= 4 is 39.8 Å². The lowest BCUT2D eigenvalue weighted by atomic mass is 9.94. The van der Waals surface area contributed by atoms with E-state index in [1.165, 1.54) is 22.3 Å². The van der Waals surface area contributed by atoms with Crippen LogP contribution in [0.5, 0.6) is 0 Å². The van der Waals surface area contributed by atoms with E-state index < -0.39 is 14.0 Å². The van der Waals surface area contributed by atoms with Crippen molar-refractivity contribution in [1.29, 1.82) is 0 Å². The molecule has 3 aromatic carbocycles. The number of aliphatic hydroxyl groups excluding tert-OH is 1. The van der Waals surface area contributed by atoms with E-state index in [0.29, 0.717) is 4.83 Å². The highest BCUT2D eigenvalue weighted by atomic mass is 79.9. The number of halogens is 1. The quantitative estimate of drug-likeness (QED) is 0.436. The number of alkyl halides is 1. The van der Waals surface area contributed by atoms with Crippen molar-refractivity contribution in [3.8, 4) is 0 Å². The van der Waals surface area contributed by atoms with Crippen LogP contribution in [0.4, 0.5) is 0 Å². The Kier molecular flexibility index (Phi) is 6.08. The molecule has 1 fully saturated rings. The molecule has 0 aliphatic heterocycles. The van der Waals surface area contributed by atoms with E-state index in [1.54, 1.807) is 0 Å². The van der Waals surface area contributed by atoms with Crippen LogP contribution in [0.1, 0.15) is 30.9 Å². The Morgan fingerprint density at radius 2 is 1.33 bits per heavy atom. The second-order valence-electron chi connectivity index (χ2n) is 7.12. The number of benzene rings is 3. The highest BCUT2D eigenvalue weighted by Crippen LogP contribution is 2.42. The summed E-state index contributed by atoms with van der Waals surface area (Å²) in [5, 5.41) is 15.2. The van der Waals surface area contributed by atoms with Gasteiger partial charge < -0.3 is 5.11 Å². The SMILES string of the molecule is O[C@@H](c1ccccc1P(c1ccccc1)c1ccccc1)C1CCCC1Br. The predicted molar refractivity (Wildman–Crippen MR) is 120 cm³/mol. The lowest BCUT2D eigenvalue weighted by molar-refractivity contribution is 0.116. The fraction of sp³-hybridized carbons (Fsp3) is 0.250. The van der Waals surface area contributed by atoms with E-state index in [1.807, 2.05) is 0 Å². The van der Waals surface area contributed by atoms with Crippen molar-refractivity contribution in [2.24, 2.45) is 5.92 Å². The second-order valence-corrected chi connectivity index (χ2v) is 10.5. The van der Waals surface area contributed by atoms with Gasteiger partial charge in [0.25, 0.3) is 0 Å². The molecule has 138 valence electrons. The maximum absolute atomic E-state index is 11.3. The van der Waals surface area contributed by atoms with Gasteiger partial charge in [-0.25, -0.2) is 0 Å². The van der Waals surface area contributed by atoms with Crippen molar-refractivity contribution in [2.75, 3.05) is 0 Å².